The van der Waals surface area contributed by atoms with E-state index in [1.54, 1.807) is 0 Å². The molecule has 1 atom stereocenters. The van der Waals surface area contributed by atoms with E-state index in [1.807, 2.05) is 20.8 Å². The molecule has 6 heteroatoms. The predicted octanol–water partition coefficient (Wildman–Crippen LogP) is 1.85. The molecule has 5 nitrogen and oxygen atoms in total. The van der Waals surface area contributed by atoms with E-state index in [9.17, 15) is 9.18 Å². The Kier molecular flexibility index (Phi) is 4.49. The summed E-state index contributed by atoms with van der Waals surface area (Å²) in [5.41, 5.74) is 5.83. The third-order valence-corrected chi connectivity index (χ3v) is 3.82. The van der Waals surface area contributed by atoms with Crippen molar-refractivity contribution in [1.29, 1.82) is 0 Å². The van der Waals surface area contributed by atoms with Crippen molar-refractivity contribution in [3.63, 3.8) is 0 Å². The number of anilines is 2. The van der Waals surface area contributed by atoms with Gasteiger partial charge in [0.2, 0.25) is 5.91 Å². The van der Waals surface area contributed by atoms with Crippen molar-refractivity contribution in [2.24, 2.45) is 0 Å². The van der Waals surface area contributed by atoms with E-state index in [1.165, 1.54) is 18.2 Å². The van der Waals surface area contributed by atoms with Crippen molar-refractivity contribution in [2.75, 3.05) is 30.8 Å². The summed E-state index contributed by atoms with van der Waals surface area (Å²) in [6, 6.07) is 3.86. The number of hydrogen-bond donors (Lipinski definition) is 2. The number of halogens is 1. The van der Waals surface area contributed by atoms with Crippen LogP contribution in [0.4, 0.5) is 15.8 Å². The Bertz CT molecular complexity index is 534. The van der Waals surface area contributed by atoms with Crippen LogP contribution in [0.1, 0.15) is 20.8 Å². The fourth-order valence-electron chi connectivity index (χ4n) is 2.60. The summed E-state index contributed by atoms with van der Waals surface area (Å²) >= 11 is 0. The number of hydrogen-bond acceptors (Lipinski definition) is 4. The summed E-state index contributed by atoms with van der Waals surface area (Å²) in [5, 5.41) is 2.78. The average molecular weight is 295 g/mol. The third kappa shape index (κ3) is 3.51. The number of nitrogens with two attached hydrogens (primary N) is 1. The molecule has 1 unspecified atom stereocenters. The Morgan fingerprint density at radius 2 is 2.24 bits per heavy atom. The van der Waals surface area contributed by atoms with Gasteiger partial charge >= 0.3 is 0 Å². The minimum Gasteiger partial charge on any atom is -0.396 e. The highest BCUT2D eigenvalue weighted by Crippen LogP contribution is 2.23. The predicted molar refractivity (Wildman–Crippen MR) is 80.5 cm³/mol. The van der Waals surface area contributed by atoms with Crippen LogP contribution in [-0.4, -0.2) is 42.1 Å². The van der Waals surface area contributed by atoms with Crippen LogP contribution in [0.5, 0.6) is 0 Å². The molecule has 1 aliphatic heterocycles. The van der Waals surface area contributed by atoms with Crippen molar-refractivity contribution in [2.45, 2.75) is 32.4 Å². The average Bonchev–Trinajstić information content (AvgIpc) is 2.41. The van der Waals surface area contributed by atoms with Crippen molar-refractivity contribution >= 4 is 17.3 Å². The van der Waals surface area contributed by atoms with Crippen molar-refractivity contribution in [3.8, 4) is 0 Å². The summed E-state index contributed by atoms with van der Waals surface area (Å²) in [6.07, 6.45) is 0. The molecule has 3 N–H and O–H groups in total. The lowest BCUT2D eigenvalue weighted by Crippen LogP contribution is -2.59. The SMILES string of the molecule is CC(C(=O)Nc1ccc(F)c(N)c1)N1CCOCC1(C)C. The quantitative estimate of drug-likeness (QED) is 0.835. The van der Waals surface area contributed by atoms with Crippen LogP contribution in [0.2, 0.25) is 0 Å². The lowest BCUT2D eigenvalue weighted by molar-refractivity contribution is -0.129. The number of rotatable bonds is 3. The normalized spacial score (nSPS) is 20.0. The number of morpholine rings is 1. The highest BCUT2D eigenvalue weighted by molar-refractivity contribution is 5.95. The first-order valence-electron chi connectivity index (χ1n) is 7.01. The number of benzene rings is 1. The molecule has 1 aliphatic rings. The highest BCUT2D eigenvalue weighted by Gasteiger charge is 2.36. The second-order valence-electron chi connectivity index (χ2n) is 5.96. The topological polar surface area (TPSA) is 67.6 Å². The maximum Gasteiger partial charge on any atom is 0.241 e. The first-order valence-corrected chi connectivity index (χ1v) is 7.01. The van der Waals surface area contributed by atoms with E-state index in [2.05, 4.69) is 10.2 Å². The molecule has 0 bridgehead atoms. The van der Waals surface area contributed by atoms with Crippen LogP contribution in [0, 0.1) is 5.82 Å². The van der Waals surface area contributed by atoms with Crippen LogP contribution in [0.3, 0.4) is 0 Å². The van der Waals surface area contributed by atoms with E-state index in [-0.39, 0.29) is 23.2 Å². The van der Waals surface area contributed by atoms with Gasteiger partial charge in [-0.25, -0.2) is 4.39 Å². The number of nitrogen functional groups attached to an aromatic ring is 1. The lowest BCUT2D eigenvalue weighted by atomic mass is 9.99. The number of nitrogens with one attached hydrogen (secondary N) is 1. The molecule has 0 spiro atoms. The van der Waals surface area contributed by atoms with Gasteiger partial charge in [0.1, 0.15) is 5.82 Å². The fraction of sp³-hybridized carbons (Fsp3) is 0.533. The molecule has 21 heavy (non-hydrogen) atoms. The lowest BCUT2D eigenvalue weighted by Gasteiger charge is -2.44. The van der Waals surface area contributed by atoms with Gasteiger partial charge in [0.15, 0.2) is 0 Å². The van der Waals surface area contributed by atoms with Gasteiger partial charge in [-0.1, -0.05) is 0 Å². The van der Waals surface area contributed by atoms with Gasteiger partial charge in [0.25, 0.3) is 0 Å². The zero-order valence-corrected chi connectivity index (χ0v) is 12.6. The molecule has 0 aliphatic carbocycles. The molecule has 116 valence electrons. The molecule has 0 aromatic heterocycles. The van der Waals surface area contributed by atoms with Crippen molar-refractivity contribution in [1.82, 2.24) is 4.90 Å². The number of amides is 1. The summed E-state index contributed by atoms with van der Waals surface area (Å²) in [7, 11) is 0. The Hall–Kier alpha value is -1.66. The van der Waals surface area contributed by atoms with E-state index < -0.39 is 5.82 Å². The van der Waals surface area contributed by atoms with Gasteiger partial charge in [-0.3, -0.25) is 9.69 Å². The van der Waals surface area contributed by atoms with Gasteiger partial charge in [0, 0.05) is 17.8 Å². The molecule has 1 aromatic rings. The first kappa shape index (κ1) is 15.7. The van der Waals surface area contributed by atoms with Gasteiger partial charge < -0.3 is 15.8 Å². The number of carbonyl (C=O) groups excluding carboxylic acids is 1. The summed E-state index contributed by atoms with van der Waals surface area (Å²) in [4.78, 5) is 14.5. The first-order chi connectivity index (χ1) is 9.81. The van der Waals surface area contributed by atoms with E-state index in [4.69, 9.17) is 10.5 Å². The molecule has 0 saturated carbocycles. The highest BCUT2D eigenvalue weighted by atomic mass is 19.1. The number of ether oxygens (including phenoxy) is 1. The number of nitrogens with zero attached hydrogens (tertiary/aromatic N) is 1. The molecular weight excluding hydrogens is 273 g/mol. The van der Waals surface area contributed by atoms with Gasteiger partial charge in [-0.05, 0) is 39.0 Å². The second-order valence-corrected chi connectivity index (χ2v) is 5.96. The van der Waals surface area contributed by atoms with Gasteiger partial charge in [0.05, 0.1) is 24.9 Å². The van der Waals surface area contributed by atoms with Gasteiger partial charge in [-0.2, -0.15) is 0 Å². The molecule has 0 radical (unpaired) electrons. The van der Waals surface area contributed by atoms with Crippen LogP contribution in [0.15, 0.2) is 18.2 Å². The Morgan fingerprint density at radius 1 is 1.52 bits per heavy atom. The Labute approximate surface area is 124 Å². The van der Waals surface area contributed by atoms with Crippen molar-refractivity contribution < 1.29 is 13.9 Å². The molecular formula is C15H22FN3O2. The van der Waals surface area contributed by atoms with E-state index in [0.717, 1.165) is 0 Å². The van der Waals surface area contributed by atoms with Crippen LogP contribution in [-0.2, 0) is 9.53 Å². The van der Waals surface area contributed by atoms with Crippen LogP contribution >= 0.6 is 0 Å². The largest absolute Gasteiger partial charge is 0.396 e. The molecule has 1 aromatic carbocycles. The zero-order chi connectivity index (χ0) is 15.6. The maximum absolute atomic E-state index is 13.1. The van der Waals surface area contributed by atoms with E-state index in [0.29, 0.717) is 25.4 Å². The summed E-state index contributed by atoms with van der Waals surface area (Å²) in [5.74, 6) is -0.633. The molecule has 1 heterocycles. The molecule has 1 saturated heterocycles. The molecule has 1 fully saturated rings. The monoisotopic (exact) mass is 295 g/mol. The molecule has 1 amide bonds. The van der Waals surface area contributed by atoms with Gasteiger partial charge in [-0.15, -0.1) is 0 Å². The third-order valence-electron chi connectivity index (χ3n) is 3.82. The Morgan fingerprint density at radius 3 is 2.86 bits per heavy atom. The van der Waals surface area contributed by atoms with Crippen molar-refractivity contribution in [3.05, 3.63) is 24.0 Å². The maximum atomic E-state index is 13.1. The second kappa shape index (κ2) is 5.99. The minimum absolute atomic E-state index is 0.0205. The molecule has 2 rings (SSSR count). The Balaban J connectivity index is 2.06. The fourth-order valence-corrected chi connectivity index (χ4v) is 2.60. The zero-order valence-electron chi connectivity index (χ0n) is 12.6. The number of carbonyl (C=O) groups is 1. The minimum atomic E-state index is -0.490. The van der Waals surface area contributed by atoms with Crippen LogP contribution < -0.4 is 11.1 Å². The summed E-state index contributed by atoms with van der Waals surface area (Å²) in [6.45, 7) is 7.86. The smallest absolute Gasteiger partial charge is 0.241 e. The summed E-state index contributed by atoms with van der Waals surface area (Å²) < 4.78 is 18.6. The van der Waals surface area contributed by atoms with Crippen LogP contribution in [0.25, 0.3) is 0 Å². The van der Waals surface area contributed by atoms with E-state index >= 15 is 0 Å². The standard InChI is InChI=1S/C15H22FN3O2/c1-10(19-6-7-21-9-15(19,2)3)14(20)18-11-4-5-12(16)13(17)8-11/h4-5,8,10H,6-7,9,17H2,1-3H3,(H,18,20).